The first-order valence-corrected chi connectivity index (χ1v) is 9.45. The lowest BCUT2D eigenvalue weighted by molar-refractivity contribution is -0.121. The second kappa shape index (κ2) is 7.23. The monoisotopic (exact) mass is 358 g/mol. The minimum Gasteiger partial charge on any atom is -0.368 e. The molecule has 0 aromatic carbocycles. The van der Waals surface area contributed by atoms with Crippen molar-refractivity contribution in [2.24, 2.45) is 5.73 Å². The molecule has 25 heavy (non-hydrogen) atoms. The molecule has 3 aromatic rings. The van der Waals surface area contributed by atoms with E-state index < -0.39 is 11.9 Å². The standard InChI is InChI=1S/C18H22N4O2S/c1-3-5-6-14(16(19)23)22-17-15(21(4-2)18(22)24)9-13(10-20-17)12-7-8-25-11-12/h7-11,14H,3-6H2,1-2H3,(H2,19,23). The van der Waals surface area contributed by atoms with Crippen LogP contribution in [0, 0.1) is 0 Å². The molecule has 1 unspecified atom stereocenters. The molecular weight excluding hydrogens is 336 g/mol. The summed E-state index contributed by atoms with van der Waals surface area (Å²) in [6.45, 7) is 4.46. The van der Waals surface area contributed by atoms with Gasteiger partial charge < -0.3 is 5.73 Å². The predicted octanol–water partition coefficient (Wildman–Crippen LogP) is 3.16. The van der Waals surface area contributed by atoms with E-state index in [1.807, 2.05) is 36.7 Å². The highest BCUT2D eigenvalue weighted by atomic mass is 32.1. The first-order chi connectivity index (χ1) is 12.1. The molecular formula is C18H22N4O2S. The van der Waals surface area contributed by atoms with Gasteiger partial charge in [-0.1, -0.05) is 19.8 Å². The molecule has 2 N–H and O–H groups in total. The quantitative estimate of drug-likeness (QED) is 0.704. The fraction of sp³-hybridized carbons (Fsp3) is 0.389. The van der Waals surface area contributed by atoms with E-state index in [1.165, 1.54) is 4.57 Å². The van der Waals surface area contributed by atoms with Crippen LogP contribution in [0.4, 0.5) is 0 Å². The van der Waals surface area contributed by atoms with Crippen LogP contribution in [0.2, 0.25) is 0 Å². The molecule has 0 aliphatic carbocycles. The number of carbonyl (C=O) groups is 1. The zero-order chi connectivity index (χ0) is 18.0. The van der Waals surface area contributed by atoms with Crippen molar-refractivity contribution in [2.45, 2.75) is 45.7 Å². The van der Waals surface area contributed by atoms with E-state index in [9.17, 15) is 9.59 Å². The molecule has 0 aliphatic heterocycles. The Kier molecular flexibility index (Phi) is 5.03. The summed E-state index contributed by atoms with van der Waals surface area (Å²) < 4.78 is 3.12. The number of aryl methyl sites for hydroxylation is 1. The van der Waals surface area contributed by atoms with Crippen molar-refractivity contribution in [3.63, 3.8) is 0 Å². The molecule has 3 aromatic heterocycles. The van der Waals surface area contributed by atoms with Crippen LogP contribution in [0.3, 0.4) is 0 Å². The molecule has 0 radical (unpaired) electrons. The van der Waals surface area contributed by atoms with E-state index in [0.717, 1.165) is 29.5 Å². The number of rotatable bonds is 7. The van der Waals surface area contributed by atoms with Crippen LogP contribution in [-0.2, 0) is 11.3 Å². The Morgan fingerprint density at radius 1 is 1.36 bits per heavy atom. The van der Waals surface area contributed by atoms with Gasteiger partial charge in [0.2, 0.25) is 5.91 Å². The largest absolute Gasteiger partial charge is 0.368 e. The van der Waals surface area contributed by atoms with Crippen molar-refractivity contribution >= 4 is 28.4 Å². The van der Waals surface area contributed by atoms with Gasteiger partial charge in [-0.05, 0) is 41.8 Å². The van der Waals surface area contributed by atoms with Crippen molar-refractivity contribution in [3.05, 3.63) is 39.6 Å². The molecule has 0 fully saturated rings. The first kappa shape index (κ1) is 17.4. The van der Waals surface area contributed by atoms with Gasteiger partial charge in [-0.3, -0.25) is 13.9 Å². The summed E-state index contributed by atoms with van der Waals surface area (Å²) in [4.78, 5) is 29.4. The van der Waals surface area contributed by atoms with Crippen molar-refractivity contribution in [2.75, 3.05) is 0 Å². The number of pyridine rings is 1. The average Bonchev–Trinajstić information content (AvgIpc) is 3.21. The zero-order valence-corrected chi connectivity index (χ0v) is 15.3. The number of hydrogen-bond acceptors (Lipinski definition) is 4. The van der Waals surface area contributed by atoms with E-state index in [-0.39, 0.29) is 5.69 Å². The number of unbranched alkanes of at least 4 members (excludes halogenated alkanes) is 1. The van der Waals surface area contributed by atoms with Gasteiger partial charge in [0.1, 0.15) is 6.04 Å². The van der Waals surface area contributed by atoms with Crippen molar-refractivity contribution in [1.29, 1.82) is 0 Å². The average molecular weight is 358 g/mol. The number of fused-ring (bicyclic) bond motifs is 1. The number of imidazole rings is 1. The molecule has 0 aliphatic rings. The Balaban J connectivity index is 2.21. The number of thiophene rings is 1. The van der Waals surface area contributed by atoms with Crippen molar-refractivity contribution < 1.29 is 4.79 Å². The molecule has 3 heterocycles. The number of primary amides is 1. The highest BCUT2D eigenvalue weighted by Gasteiger charge is 2.25. The second-order valence-electron chi connectivity index (χ2n) is 6.04. The van der Waals surface area contributed by atoms with Crippen LogP contribution in [0.25, 0.3) is 22.3 Å². The van der Waals surface area contributed by atoms with E-state index in [0.29, 0.717) is 18.6 Å². The van der Waals surface area contributed by atoms with Crippen LogP contribution >= 0.6 is 11.3 Å². The van der Waals surface area contributed by atoms with Crippen LogP contribution in [0.5, 0.6) is 0 Å². The van der Waals surface area contributed by atoms with Crippen LogP contribution in [0.15, 0.2) is 33.9 Å². The molecule has 0 spiro atoms. The smallest absolute Gasteiger partial charge is 0.331 e. The number of nitrogens with two attached hydrogens (primary N) is 1. The lowest BCUT2D eigenvalue weighted by atomic mass is 10.1. The van der Waals surface area contributed by atoms with Gasteiger partial charge in [0.15, 0.2) is 5.65 Å². The maximum Gasteiger partial charge on any atom is 0.331 e. The molecule has 0 bridgehead atoms. The zero-order valence-electron chi connectivity index (χ0n) is 14.4. The first-order valence-electron chi connectivity index (χ1n) is 8.51. The third-order valence-corrected chi connectivity index (χ3v) is 5.13. The van der Waals surface area contributed by atoms with Crippen LogP contribution < -0.4 is 11.4 Å². The SMILES string of the molecule is CCCCC(C(N)=O)n1c(=O)n(CC)c2cc(-c3ccsc3)cnc21. The molecule has 3 rings (SSSR count). The second-order valence-corrected chi connectivity index (χ2v) is 6.82. The molecule has 1 amide bonds. The molecule has 1 atom stereocenters. The van der Waals surface area contributed by atoms with Crippen molar-refractivity contribution in [1.82, 2.24) is 14.1 Å². The molecule has 132 valence electrons. The predicted molar refractivity (Wildman–Crippen MR) is 101 cm³/mol. The van der Waals surface area contributed by atoms with Gasteiger partial charge in [-0.2, -0.15) is 11.3 Å². The summed E-state index contributed by atoms with van der Waals surface area (Å²) in [6.07, 6.45) is 4.05. The molecule has 0 saturated heterocycles. The number of amides is 1. The lowest BCUT2D eigenvalue weighted by Gasteiger charge is -2.14. The third-order valence-electron chi connectivity index (χ3n) is 4.45. The Morgan fingerprint density at radius 2 is 2.16 bits per heavy atom. The minimum atomic E-state index is -0.665. The topological polar surface area (TPSA) is 82.9 Å². The van der Waals surface area contributed by atoms with Gasteiger partial charge >= 0.3 is 5.69 Å². The summed E-state index contributed by atoms with van der Waals surface area (Å²) >= 11 is 1.61. The van der Waals surface area contributed by atoms with E-state index in [2.05, 4.69) is 4.98 Å². The van der Waals surface area contributed by atoms with E-state index in [1.54, 1.807) is 22.1 Å². The van der Waals surface area contributed by atoms with Gasteiger partial charge in [-0.25, -0.2) is 9.78 Å². The van der Waals surface area contributed by atoms with Gasteiger partial charge in [0, 0.05) is 18.3 Å². The Morgan fingerprint density at radius 3 is 2.76 bits per heavy atom. The molecule has 7 heteroatoms. The number of hydrogen-bond donors (Lipinski definition) is 1. The van der Waals surface area contributed by atoms with Gasteiger partial charge in [-0.15, -0.1) is 0 Å². The van der Waals surface area contributed by atoms with Crippen molar-refractivity contribution in [3.8, 4) is 11.1 Å². The van der Waals surface area contributed by atoms with Gasteiger partial charge in [0.25, 0.3) is 0 Å². The summed E-state index contributed by atoms with van der Waals surface area (Å²) in [7, 11) is 0. The highest BCUT2D eigenvalue weighted by Crippen LogP contribution is 2.26. The fourth-order valence-electron chi connectivity index (χ4n) is 3.12. The lowest BCUT2D eigenvalue weighted by Crippen LogP contribution is -2.34. The number of aromatic nitrogens is 3. The maximum absolute atomic E-state index is 12.9. The Hall–Kier alpha value is -2.41. The Labute approximate surface area is 149 Å². The van der Waals surface area contributed by atoms with Gasteiger partial charge in [0.05, 0.1) is 5.52 Å². The highest BCUT2D eigenvalue weighted by molar-refractivity contribution is 7.08. The minimum absolute atomic E-state index is 0.229. The maximum atomic E-state index is 12.9. The Bertz CT molecular complexity index is 940. The molecule has 6 nitrogen and oxygen atoms in total. The van der Waals surface area contributed by atoms with E-state index >= 15 is 0 Å². The fourth-order valence-corrected chi connectivity index (χ4v) is 3.79. The van der Waals surface area contributed by atoms with E-state index in [4.69, 9.17) is 5.73 Å². The summed E-state index contributed by atoms with van der Waals surface area (Å²) in [5.74, 6) is -0.491. The summed E-state index contributed by atoms with van der Waals surface area (Å²) in [6, 6.07) is 3.32. The molecule has 0 saturated carbocycles. The normalized spacial score (nSPS) is 12.6. The summed E-state index contributed by atoms with van der Waals surface area (Å²) in [5, 5.41) is 4.05. The van der Waals surface area contributed by atoms with Crippen LogP contribution in [0.1, 0.15) is 39.2 Å². The van der Waals surface area contributed by atoms with Crippen LogP contribution in [-0.4, -0.2) is 20.0 Å². The number of carbonyl (C=O) groups excluding carboxylic acids is 1. The number of nitrogens with zero attached hydrogens (tertiary/aromatic N) is 3. The third kappa shape index (κ3) is 3.11. The summed E-state index contributed by atoms with van der Waals surface area (Å²) in [5.41, 5.74) is 8.64.